The van der Waals surface area contributed by atoms with Crippen LogP contribution in [0.3, 0.4) is 0 Å². The molecule has 0 aliphatic rings. The van der Waals surface area contributed by atoms with Gasteiger partial charge in [0.1, 0.15) is 0 Å². The first-order valence-corrected chi connectivity index (χ1v) is 14.0. The van der Waals surface area contributed by atoms with Crippen molar-refractivity contribution in [1.29, 1.82) is 0 Å². The molecule has 0 rings (SSSR count). The summed E-state index contributed by atoms with van der Waals surface area (Å²) >= 11 is 0. The fraction of sp³-hybridized carbons (Fsp3) is 0.833. The number of carbonyl (C=O) groups excluding carboxylic acids is 1. The molecule has 0 atom stereocenters. The van der Waals surface area contributed by atoms with E-state index in [4.69, 9.17) is 139 Å². The molecule has 0 saturated heterocycles. The monoisotopic (exact) mass is 504 g/mol. The number of likely N-dealkylation sites (N-methyl/N-ethyl adjacent to an activating group) is 1. The highest BCUT2D eigenvalue weighted by atomic mass is 16.1. The van der Waals surface area contributed by atoms with E-state index in [0.717, 1.165) is 13.1 Å². The predicted octanol–water partition coefficient (Wildman–Crippen LogP) is -13.3. The maximum atomic E-state index is 10.3. The Morgan fingerprint density at radius 2 is 0.651 bits per heavy atom. The van der Waals surface area contributed by atoms with Crippen LogP contribution in [0.5, 0.6) is 0 Å². The summed E-state index contributed by atoms with van der Waals surface area (Å²) in [4.78, 5) is 12.3. The van der Waals surface area contributed by atoms with Gasteiger partial charge in [-0.05, 0) is 14.1 Å². The predicted molar refractivity (Wildman–Crippen MR) is 233 cm³/mol. The Morgan fingerprint density at radius 1 is 0.442 bits per heavy atom. The Balaban J connectivity index is 0. The van der Waals surface area contributed by atoms with Crippen molar-refractivity contribution in [3.05, 3.63) is 0 Å². The summed E-state index contributed by atoms with van der Waals surface area (Å²) in [6, 6.07) is 0. The van der Waals surface area contributed by atoms with Crippen molar-refractivity contribution in [2.45, 2.75) is 6.92 Å². The van der Waals surface area contributed by atoms with Gasteiger partial charge in [0.05, 0.1) is 0 Å². The maximum absolute atomic E-state index is 10.3. The van der Waals surface area contributed by atoms with Crippen molar-refractivity contribution in [2.24, 2.45) is 0 Å². The van der Waals surface area contributed by atoms with Gasteiger partial charge in [-0.25, -0.2) is 0 Å². The minimum absolute atomic E-state index is 0.0388. The van der Waals surface area contributed by atoms with Gasteiger partial charge in [0.15, 0.2) is 0 Å². The van der Waals surface area contributed by atoms with Crippen LogP contribution >= 0.6 is 0 Å². The Bertz CT molecular complexity index is 676. The standard InChI is InChI=1S/C6H14N2O.B34/c1-6(9)7-4-5-8(2)3;1-19(2)28(20(3)4)32(27(17)18)34(31(25(13)14)26(15)16)33(29(21(5)6)22(7)8)30(23(9)10)24(11)12/h4-5H2,1-3H3,(H,7,9);. The van der Waals surface area contributed by atoms with E-state index in [-0.39, 0.29) is 5.91 Å². The van der Waals surface area contributed by atoms with Crippen molar-refractivity contribution in [2.75, 3.05) is 27.2 Å². The number of nitrogens with one attached hydrogen (secondary N) is 1. The molecule has 0 unspecified atom stereocenters. The molecule has 0 fully saturated rings. The average molecular weight is 498 g/mol. The number of hydrogen-bond acceptors (Lipinski definition) is 2. The van der Waals surface area contributed by atoms with E-state index in [9.17, 15) is 4.79 Å². The lowest BCUT2D eigenvalue weighted by Crippen LogP contribution is -2.90. The number of carbonyl (C=O) groups is 1. The molecule has 37 heteroatoms. The second-order valence-electron chi connectivity index (χ2n) is 11.5. The van der Waals surface area contributed by atoms with Crippen molar-refractivity contribution in [1.82, 2.24) is 10.2 Å². The molecular weight excluding hydrogens is 484 g/mol. The Kier molecular flexibility index (Phi) is 25.1. The molecule has 0 aromatic rings. The number of hydrogen-bond donors (Lipinski definition) is 1. The molecule has 43 heavy (non-hydrogen) atoms. The summed E-state index contributed by atoms with van der Waals surface area (Å²) in [6.07, 6.45) is -16.7. The van der Waals surface area contributed by atoms with Crippen LogP contribution < -0.4 is 5.32 Å². The van der Waals surface area contributed by atoms with Crippen molar-refractivity contribution in [3.63, 3.8) is 0 Å². The Hall–Kier alpha value is 1.64. The first-order valence-electron chi connectivity index (χ1n) is 14.0. The minimum Gasteiger partial charge on any atom is -0.355 e. The third-order valence-corrected chi connectivity index (χ3v) is 7.60. The lowest BCUT2D eigenvalue weighted by Gasteiger charge is -2.52. The molecule has 0 aromatic carbocycles. The molecule has 1 amide bonds. The van der Waals surface area contributed by atoms with Gasteiger partial charge in [-0.2, -0.15) is 0 Å². The minimum atomic E-state index is -1.16. The van der Waals surface area contributed by atoms with Crippen molar-refractivity contribution < 1.29 is 4.79 Å². The van der Waals surface area contributed by atoms with E-state index in [0.29, 0.717) is 0 Å². The fourth-order valence-electron chi connectivity index (χ4n) is 5.84. The molecule has 156 valence electrons. The highest BCUT2D eigenvalue weighted by Crippen LogP contribution is 2.16. The molecule has 0 aromatic heterocycles. The lowest BCUT2D eigenvalue weighted by atomic mass is 8.29. The molecule has 0 spiro atoms. The van der Waals surface area contributed by atoms with Gasteiger partial charge in [0, 0.05) is 261 Å². The van der Waals surface area contributed by atoms with Crippen LogP contribution in [-0.4, -0.2) is 279 Å². The van der Waals surface area contributed by atoms with Crippen LogP contribution in [0.4, 0.5) is 0 Å². The summed E-state index contributed by atoms with van der Waals surface area (Å²) in [5, 5.41) is 2.70. The number of amides is 1. The second kappa shape index (κ2) is 23.1. The molecule has 0 bridgehead atoms. The summed E-state index contributed by atoms with van der Waals surface area (Å²) in [5.74, 6) is 0.0388. The highest BCUT2D eigenvalue weighted by molar-refractivity contribution is 8.29. The molecule has 3 nitrogen and oxygen atoms in total. The first kappa shape index (κ1) is 46.8. The lowest BCUT2D eigenvalue weighted by molar-refractivity contribution is -0.118. The Labute approximate surface area is 294 Å². The van der Waals surface area contributed by atoms with Gasteiger partial charge in [-0.3, -0.25) is 4.79 Å². The zero-order valence-electron chi connectivity index (χ0n) is 25.9. The number of nitrogens with zero attached hydrogens (tertiary/aromatic N) is 1. The third kappa shape index (κ3) is 16.5. The van der Waals surface area contributed by atoms with E-state index in [1.165, 1.54) is 6.92 Å². The third-order valence-electron chi connectivity index (χ3n) is 7.60. The second-order valence-corrected chi connectivity index (χ2v) is 11.5. The molecule has 0 aliphatic heterocycles. The SMILES string of the molecule is CC(=O)NCCN(C)C.[B]B([B])B(B([B])[B])B(B([B])[B])B(B(B([B])[B])B([B])[B])B(B(B([B])[B])B([B])[B])B(B([B])[B])B([B])[B]. The van der Waals surface area contributed by atoms with Gasteiger partial charge in [0.2, 0.25) is 5.91 Å². The fourth-order valence-corrected chi connectivity index (χ4v) is 5.84. The summed E-state index contributed by atoms with van der Waals surface area (Å²) in [5.41, 5.74) is 0. The maximum Gasteiger partial charge on any atom is 0.216 e. The van der Waals surface area contributed by atoms with E-state index in [1.807, 2.05) is 19.0 Å². The van der Waals surface area contributed by atoms with Crippen LogP contribution in [0.25, 0.3) is 0 Å². The van der Waals surface area contributed by atoms with Crippen LogP contribution in [0, 0.1) is 0 Å². The van der Waals surface area contributed by atoms with Crippen LogP contribution in [-0.2, 0) is 4.79 Å². The zero-order valence-corrected chi connectivity index (χ0v) is 25.9. The van der Waals surface area contributed by atoms with E-state index >= 15 is 0 Å². The van der Waals surface area contributed by atoms with E-state index in [2.05, 4.69) is 5.32 Å². The van der Waals surface area contributed by atoms with E-state index in [1.54, 1.807) is 0 Å². The molecule has 0 saturated carbocycles. The molecular formula is C6H14B34N2O. The smallest absolute Gasteiger partial charge is 0.216 e. The van der Waals surface area contributed by atoms with Gasteiger partial charge in [-0.15, -0.1) is 0 Å². The van der Waals surface area contributed by atoms with Crippen LogP contribution in [0.2, 0.25) is 0 Å². The average Bonchev–Trinajstić information content (AvgIpc) is 2.78. The van der Waals surface area contributed by atoms with Gasteiger partial charge < -0.3 is 10.2 Å². The molecule has 0 aliphatic carbocycles. The van der Waals surface area contributed by atoms with Crippen LogP contribution in [0.1, 0.15) is 6.92 Å². The zero-order chi connectivity index (χ0) is 34.5. The van der Waals surface area contributed by atoms with Crippen LogP contribution in [0.15, 0.2) is 0 Å². The quantitative estimate of drug-likeness (QED) is 0.191. The molecule has 36 radical (unpaired) electrons. The molecule has 0 heterocycles. The summed E-state index contributed by atoms with van der Waals surface area (Å²) < 4.78 is 0. The normalized spacial score (nSPS) is 9.58. The Morgan fingerprint density at radius 3 is 0.837 bits per heavy atom. The summed E-state index contributed by atoms with van der Waals surface area (Å²) in [7, 11) is 114. The highest BCUT2D eigenvalue weighted by Gasteiger charge is 2.54. The van der Waals surface area contributed by atoms with E-state index < -0.39 is 102 Å². The van der Waals surface area contributed by atoms with Gasteiger partial charge >= 0.3 is 0 Å². The largest absolute Gasteiger partial charge is 0.355 e. The molecule has 1 N–H and O–H groups in total. The summed E-state index contributed by atoms with van der Waals surface area (Å²) in [6.45, 7) is 3.16. The van der Waals surface area contributed by atoms with Gasteiger partial charge in [-0.1, -0.05) is 0 Å². The van der Waals surface area contributed by atoms with Crippen molar-refractivity contribution >= 4 is 247 Å². The van der Waals surface area contributed by atoms with Gasteiger partial charge in [0.25, 0.3) is 0 Å². The van der Waals surface area contributed by atoms with Crippen molar-refractivity contribution in [3.8, 4) is 0 Å². The first-order chi connectivity index (χ1) is 19.5. The number of rotatable bonds is 18. The topological polar surface area (TPSA) is 32.3 Å².